The Morgan fingerprint density at radius 3 is 1.01 bits per heavy atom. The Balaban J connectivity index is -0.000000147. The van der Waals surface area contributed by atoms with Crippen molar-refractivity contribution in [1.29, 1.82) is 0 Å². The van der Waals surface area contributed by atoms with Crippen LogP contribution >= 0.6 is 0 Å². The van der Waals surface area contributed by atoms with Crippen LogP contribution in [0.3, 0.4) is 0 Å². The standard InChI is InChI=1S/C8H12N2O2.C8H4O3.C6H10O4.C6H14O3.C6H14O2.C5H10O4.C5H12O2.C4H10O2.C3H6O3/c11-7-9-5-3-1-2-4-6-10-8-12;9-7-5-3-1-2-4-6(5)8(10)11-7;7-5(8)3-1-2-4-6(9)10;1-2-6(3-7,4-8)5-9;7-5-3-1-2-4-6-8;1-5(2-6,3-7)4(8)9;1-5(2,3-6)4-7;5-3-1-2-4-6;1-5-3(4)6-2/h1-6H2;1-4H;1-4H2,(H,7,8)(H,9,10);7-9H,2-5H2,1H3;7-8H,1-6H2;6-7H,2-3H2,1H3,(H,8,9);6-7H,3-4H2,1-2H3;5-6H,1-4H2;1-2H3. The van der Waals surface area contributed by atoms with Gasteiger partial charge < -0.3 is 85.7 Å². The van der Waals surface area contributed by atoms with E-state index in [2.05, 4.69) is 24.2 Å². The van der Waals surface area contributed by atoms with Crippen molar-refractivity contribution < 1.29 is 124 Å². The first-order valence-corrected chi connectivity index (χ1v) is 24.8. The molecule has 0 saturated carbocycles. The zero-order valence-corrected chi connectivity index (χ0v) is 46.3. The highest BCUT2D eigenvalue weighted by Gasteiger charge is 2.31. The van der Waals surface area contributed by atoms with E-state index in [-0.39, 0.29) is 77.7 Å². The molecule has 0 bridgehead atoms. The van der Waals surface area contributed by atoms with Crippen LogP contribution in [0, 0.1) is 16.2 Å². The molecule has 0 saturated heterocycles. The average Bonchev–Trinajstić information content (AvgIpc) is 3.74. The van der Waals surface area contributed by atoms with Gasteiger partial charge >= 0.3 is 36.0 Å². The van der Waals surface area contributed by atoms with Crippen LogP contribution in [0.4, 0.5) is 4.79 Å². The molecule has 0 radical (unpaired) electrons. The SMILES string of the molecule is CC(C)(CO)CO.CC(CO)(CO)C(=O)O.CCC(CO)(CO)CO.COC(=O)OC.O=C(O)CCCCC(=O)O.O=C1OC(=O)c2ccccc21.O=C=NCCCCCCN=C=O.OCCCCCCO.OCCCCO. The van der Waals surface area contributed by atoms with Gasteiger partial charge in [0.1, 0.15) is 5.41 Å². The molecule has 27 heteroatoms. The number of ether oxygens (including phenoxy) is 3. The quantitative estimate of drug-likeness (QED) is 0.0179. The molecule has 1 heterocycles. The normalized spacial score (nSPS) is 10.5. The number of cyclic esters (lactones) is 2. The van der Waals surface area contributed by atoms with Crippen molar-refractivity contribution in [1.82, 2.24) is 0 Å². The fourth-order valence-electron chi connectivity index (χ4n) is 4.02. The summed E-state index contributed by atoms with van der Waals surface area (Å²) in [5.41, 5.74) is -1.64. The third-order valence-corrected chi connectivity index (χ3v) is 9.79. The highest BCUT2D eigenvalue weighted by molar-refractivity contribution is 6.14. The van der Waals surface area contributed by atoms with Gasteiger partial charge in [-0.1, -0.05) is 58.6 Å². The molecule has 1 aliphatic heterocycles. The molecule has 0 aliphatic carbocycles. The molecule has 78 heavy (non-hydrogen) atoms. The number of rotatable bonds is 29. The van der Waals surface area contributed by atoms with Gasteiger partial charge in [0.25, 0.3) is 0 Å². The molecule has 0 spiro atoms. The summed E-state index contributed by atoms with van der Waals surface area (Å²) in [6.07, 6.45) is 13.0. The molecule has 456 valence electrons. The van der Waals surface area contributed by atoms with Gasteiger partial charge in [-0.2, -0.15) is 0 Å². The van der Waals surface area contributed by atoms with Crippen LogP contribution in [-0.4, -0.2) is 220 Å². The van der Waals surface area contributed by atoms with Crippen LogP contribution in [0.25, 0.3) is 0 Å². The second kappa shape index (κ2) is 62.2. The second-order valence-electron chi connectivity index (χ2n) is 17.2. The lowest BCUT2D eigenvalue weighted by molar-refractivity contribution is -0.153. The maximum atomic E-state index is 10.8. The van der Waals surface area contributed by atoms with Crippen LogP contribution in [0.1, 0.15) is 145 Å². The maximum absolute atomic E-state index is 10.8. The Hall–Kier alpha value is -5.64. The van der Waals surface area contributed by atoms with E-state index in [0.717, 1.165) is 64.2 Å². The zero-order chi connectivity index (χ0) is 61.7. The molecule has 0 aromatic heterocycles. The van der Waals surface area contributed by atoms with E-state index in [4.69, 9.17) is 71.5 Å². The second-order valence-corrected chi connectivity index (χ2v) is 17.2. The number of methoxy groups -OCH3 is 2. The minimum Gasteiger partial charge on any atom is -0.481 e. The summed E-state index contributed by atoms with van der Waals surface area (Å²) < 4.78 is 12.4. The van der Waals surface area contributed by atoms with Gasteiger partial charge in [0, 0.05) is 50.1 Å². The van der Waals surface area contributed by atoms with E-state index in [1.165, 1.54) is 33.3 Å². The molecule has 1 aromatic rings. The Kier molecular flexibility index (Phi) is 68.8. The predicted molar refractivity (Wildman–Crippen MR) is 282 cm³/mol. The smallest absolute Gasteiger partial charge is 0.481 e. The summed E-state index contributed by atoms with van der Waals surface area (Å²) in [7, 11) is 2.51. The van der Waals surface area contributed by atoms with Crippen molar-refractivity contribution in [2.75, 3.05) is 100.0 Å². The number of carbonyl (C=O) groups excluding carboxylic acids is 5. The monoisotopic (exact) mass is 1130 g/mol. The van der Waals surface area contributed by atoms with E-state index in [0.29, 0.717) is 43.5 Å². The van der Waals surface area contributed by atoms with Crippen molar-refractivity contribution in [3.8, 4) is 0 Å². The minimum absolute atomic E-state index is 0.0451. The largest absolute Gasteiger partial charge is 0.507 e. The lowest BCUT2D eigenvalue weighted by Crippen LogP contribution is -2.35. The number of carboxylic acids is 3. The van der Waals surface area contributed by atoms with Crippen LogP contribution in [0.5, 0.6) is 0 Å². The number of aliphatic hydroxyl groups is 11. The number of esters is 2. The molecular weight excluding hydrogens is 1040 g/mol. The first-order valence-electron chi connectivity index (χ1n) is 24.8. The Morgan fingerprint density at radius 2 is 0.833 bits per heavy atom. The van der Waals surface area contributed by atoms with Crippen molar-refractivity contribution in [3.05, 3.63) is 35.4 Å². The summed E-state index contributed by atoms with van der Waals surface area (Å²) in [5, 5.41) is 117. The molecule has 27 nitrogen and oxygen atoms in total. The third kappa shape index (κ3) is 59.6. The van der Waals surface area contributed by atoms with Gasteiger partial charge in [0.2, 0.25) is 12.2 Å². The number of aliphatic imine (C=N–C) groups is 2. The Morgan fingerprint density at radius 1 is 0.513 bits per heavy atom. The first-order chi connectivity index (χ1) is 36.9. The van der Waals surface area contributed by atoms with E-state index < -0.39 is 60.0 Å². The number of aliphatic hydroxyl groups excluding tert-OH is 11. The van der Waals surface area contributed by atoms with E-state index in [1.54, 1.807) is 38.1 Å². The molecule has 0 fully saturated rings. The molecule has 14 N–H and O–H groups in total. The van der Waals surface area contributed by atoms with E-state index in [1.807, 2.05) is 6.92 Å². The van der Waals surface area contributed by atoms with Crippen molar-refractivity contribution in [2.24, 2.45) is 26.2 Å². The molecule has 2 rings (SSSR count). The van der Waals surface area contributed by atoms with E-state index >= 15 is 0 Å². The summed E-state index contributed by atoms with van der Waals surface area (Å²) in [6.45, 7) is 7.30. The van der Waals surface area contributed by atoms with Crippen molar-refractivity contribution in [2.45, 2.75) is 124 Å². The molecule has 0 atom stereocenters. The highest BCUT2D eigenvalue weighted by atomic mass is 16.7. The topological polar surface area (TPSA) is 472 Å². The number of unbranched alkanes of at least 4 members (excludes halogenated alkanes) is 8. The average molecular weight is 1130 g/mol. The van der Waals surface area contributed by atoms with Crippen LogP contribution in [-0.2, 0) is 38.2 Å². The number of carboxylic acid groups (broad SMARTS) is 3. The summed E-state index contributed by atoms with van der Waals surface area (Å²) in [4.78, 5) is 87.4. The van der Waals surface area contributed by atoms with Gasteiger partial charge in [-0.15, -0.1) is 0 Å². The summed E-state index contributed by atoms with van der Waals surface area (Å²) in [5.74, 6) is -4.03. The highest BCUT2D eigenvalue weighted by Crippen LogP contribution is 2.19. The van der Waals surface area contributed by atoms with Crippen LogP contribution < -0.4 is 0 Å². The summed E-state index contributed by atoms with van der Waals surface area (Å²) in [6, 6.07) is 6.53. The number of aliphatic carboxylic acids is 3. The number of nitrogens with zero attached hydrogens (tertiary/aromatic N) is 2. The van der Waals surface area contributed by atoms with Gasteiger partial charge in [0.05, 0.1) is 84.7 Å². The summed E-state index contributed by atoms with van der Waals surface area (Å²) >= 11 is 0. The number of hydrogen-bond donors (Lipinski definition) is 14. The molecule has 1 aliphatic rings. The maximum Gasteiger partial charge on any atom is 0.507 e. The molecule has 0 unspecified atom stereocenters. The van der Waals surface area contributed by atoms with Gasteiger partial charge in [-0.3, -0.25) is 14.4 Å². The van der Waals surface area contributed by atoms with Crippen LogP contribution in [0.15, 0.2) is 34.3 Å². The number of benzene rings is 1. The van der Waals surface area contributed by atoms with E-state index in [9.17, 15) is 38.4 Å². The predicted octanol–water partition coefficient (Wildman–Crippen LogP) is 2.03. The Bertz CT molecular complexity index is 1600. The van der Waals surface area contributed by atoms with Crippen LogP contribution in [0.2, 0.25) is 0 Å². The number of hydrogen-bond acceptors (Lipinski definition) is 24. The third-order valence-electron chi connectivity index (χ3n) is 9.79. The fraction of sp³-hybridized carbons (Fsp3) is 0.725. The van der Waals surface area contributed by atoms with Crippen molar-refractivity contribution >= 4 is 48.2 Å². The zero-order valence-electron chi connectivity index (χ0n) is 46.3. The van der Waals surface area contributed by atoms with Gasteiger partial charge in [-0.05, 0) is 76.8 Å². The molecule has 1 aromatic carbocycles. The fourth-order valence-corrected chi connectivity index (χ4v) is 4.02. The van der Waals surface area contributed by atoms with Gasteiger partial charge in [0.15, 0.2) is 0 Å². The lowest BCUT2D eigenvalue weighted by Gasteiger charge is -2.24. The van der Waals surface area contributed by atoms with Gasteiger partial charge in [-0.25, -0.2) is 34.0 Å². The minimum atomic E-state index is -1.39. The van der Waals surface area contributed by atoms with Crippen molar-refractivity contribution in [3.63, 3.8) is 0 Å². The Labute approximate surface area is 456 Å². The number of carbonyl (C=O) groups is 6. The molecule has 0 amide bonds. The first kappa shape index (κ1) is 86.3. The molecular formula is C51H92N2O25. The number of fused-ring (bicyclic) bond motifs is 1. The lowest BCUT2D eigenvalue weighted by atomic mass is 9.88. The number of isocyanates is 2.